The first-order chi connectivity index (χ1) is 3.63. The lowest BCUT2D eigenvalue weighted by molar-refractivity contribution is -1.63. The van der Waals surface area contributed by atoms with E-state index >= 15 is 0 Å². The van der Waals surface area contributed by atoms with Crippen molar-refractivity contribution in [3.8, 4) is 0 Å². The predicted octanol–water partition coefficient (Wildman–Crippen LogP) is -3.72. The van der Waals surface area contributed by atoms with E-state index in [0.29, 0.717) is 0 Å². The SMILES string of the molecule is NC(N)=NO[Cl+2]([O-])[O-]. The third kappa shape index (κ3) is 5.28. The van der Waals surface area contributed by atoms with Crippen LogP contribution >= 0.6 is 0 Å². The average Bonchev–Trinajstić information content (AvgIpc) is 1.61. The summed E-state index contributed by atoms with van der Waals surface area (Å²) in [4.78, 5) is 0. The minimum atomic E-state index is -2.39. The summed E-state index contributed by atoms with van der Waals surface area (Å²) in [7, 11) is -2.39. The third-order valence-electron chi connectivity index (χ3n) is 0.196. The molecule has 0 atom stereocenters. The second kappa shape index (κ2) is 3.30. The van der Waals surface area contributed by atoms with Crippen molar-refractivity contribution < 1.29 is 24.5 Å². The van der Waals surface area contributed by atoms with Crippen molar-refractivity contribution in [3.05, 3.63) is 0 Å². The maximum atomic E-state index is 9.43. The van der Waals surface area contributed by atoms with Gasteiger partial charge in [-0.2, -0.15) is 0 Å². The van der Waals surface area contributed by atoms with Gasteiger partial charge >= 0.3 is 10.8 Å². The van der Waals surface area contributed by atoms with Gasteiger partial charge in [-0.05, 0) is 0 Å². The maximum Gasteiger partial charge on any atom is 0.382 e. The van der Waals surface area contributed by atoms with Crippen LogP contribution in [0.1, 0.15) is 0 Å². The molecular weight excluding hydrogens is 137 g/mol. The summed E-state index contributed by atoms with van der Waals surface area (Å²) in [6.07, 6.45) is 0. The number of nitrogens with zero attached hydrogens (tertiary/aromatic N) is 1. The minimum Gasteiger partial charge on any atom is -0.367 e. The van der Waals surface area contributed by atoms with Gasteiger partial charge in [-0.1, -0.05) is 0 Å². The van der Waals surface area contributed by atoms with Crippen molar-refractivity contribution in [2.75, 3.05) is 0 Å². The molecule has 0 fully saturated rings. The summed E-state index contributed by atoms with van der Waals surface area (Å²) >= 11 is 0. The Morgan fingerprint density at radius 1 is 1.50 bits per heavy atom. The van der Waals surface area contributed by atoms with Crippen LogP contribution in [0.15, 0.2) is 5.16 Å². The zero-order chi connectivity index (χ0) is 6.57. The van der Waals surface area contributed by atoms with Crippen LogP contribution in [0.4, 0.5) is 0 Å². The Morgan fingerprint density at radius 3 is 2.12 bits per heavy atom. The Labute approximate surface area is 48.1 Å². The lowest BCUT2D eigenvalue weighted by atomic mass is 11.1. The van der Waals surface area contributed by atoms with Crippen LogP contribution in [0.25, 0.3) is 0 Å². The van der Waals surface area contributed by atoms with Crippen LogP contribution in [0.3, 0.4) is 0 Å². The molecule has 0 amide bonds. The van der Waals surface area contributed by atoms with Crippen LogP contribution in [-0.2, 0) is 4.39 Å². The number of nitrogens with two attached hydrogens (primary N) is 2. The molecule has 0 aliphatic rings. The molecule has 0 saturated carbocycles. The molecule has 0 radical (unpaired) electrons. The number of hydrogen-bond acceptors (Lipinski definition) is 4. The first-order valence-corrected chi connectivity index (χ1v) is 2.37. The molecule has 0 rings (SSSR count). The van der Waals surface area contributed by atoms with Gasteiger partial charge in [0.15, 0.2) is 0 Å². The highest BCUT2D eigenvalue weighted by Crippen LogP contribution is 1.74. The molecule has 0 aromatic heterocycles. The van der Waals surface area contributed by atoms with Gasteiger partial charge in [0, 0.05) is 4.39 Å². The highest BCUT2D eigenvalue weighted by Gasteiger charge is 2.02. The fraction of sp³-hybridized carbons (Fsp3) is 0. The molecule has 0 saturated heterocycles. The third-order valence-corrected chi connectivity index (χ3v) is 0.378. The molecule has 0 bridgehead atoms. The van der Waals surface area contributed by atoms with Crippen molar-refractivity contribution in [3.63, 3.8) is 0 Å². The maximum absolute atomic E-state index is 9.43. The van der Waals surface area contributed by atoms with Crippen molar-refractivity contribution in [1.29, 1.82) is 0 Å². The molecule has 7 heteroatoms. The smallest absolute Gasteiger partial charge is 0.367 e. The van der Waals surface area contributed by atoms with Gasteiger partial charge < -0.3 is 20.8 Å². The Hall–Kier alpha value is -0.720. The highest BCUT2D eigenvalue weighted by atomic mass is 35.6. The molecule has 8 heavy (non-hydrogen) atoms. The summed E-state index contributed by atoms with van der Waals surface area (Å²) in [5.74, 6) is -0.445. The van der Waals surface area contributed by atoms with Crippen LogP contribution < -0.4 is 20.8 Å². The van der Waals surface area contributed by atoms with Gasteiger partial charge in [-0.25, -0.2) is 0 Å². The zero-order valence-electron chi connectivity index (χ0n) is 3.70. The number of hydrogen-bond donors (Lipinski definition) is 2. The molecule has 0 aliphatic heterocycles. The number of rotatable bonds is 2. The van der Waals surface area contributed by atoms with E-state index in [-0.39, 0.29) is 0 Å². The molecule has 0 heterocycles. The Balaban J connectivity index is 3.29. The largest absolute Gasteiger partial charge is 0.382 e. The van der Waals surface area contributed by atoms with E-state index < -0.39 is 16.7 Å². The van der Waals surface area contributed by atoms with E-state index in [0.717, 1.165) is 0 Å². The summed E-state index contributed by atoms with van der Waals surface area (Å²) in [6.45, 7) is 0. The first kappa shape index (κ1) is 7.28. The van der Waals surface area contributed by atoms with Crippen LogP contribution in [0, 0.1) is 10.8 Å². The molecular formula is CH4ClN3O3. The van der Waals surface area contributed by atoms with Gasteiger partial charge in [0.1, 0.15) is 0 Å². The van der Waals surface area contributed by atoms with E-state index in [1.54, 1.807) is 0 Å². The van der Waals surface area contributed by atoms with Gasteiger partial charge in [-0.15, -0.1) is 0 Å². The van der Waals surface area contributed by atoms with Crippen LogP contribution in [0.5, 0.6) is 0 Å². The van der Waals surface area contributed by atoms with Crippen LogP contribution in [-0.4, -0.2) is 5.96 Å². The Bertz CT molecular complexity index is 88.5. The molecule has 4 N–H and O–H groups in total. The molecule has 0 unspecified atom stereocenters. The fourth-order valence-electron chi connectivity index (χ4n) is 0.0680. The molecule has 0 aliphatic carbocycles. The molecule has 0 spiro atoms. The quantitative estimate of drug-likeness (QED) is 0.233. The van der Waals surface area contributed by atoms with Gasteiger partial charge in [0.25, 0.3) is 0 Å². The average molecular weight is 142 g/mol. The molecule has 0 aromatic rings. The van der Waals surface area contributed by atoms with Crippen molar-refractivity contribution >= 4 is 5.96 Å². The summed E-state index contributed by atoms with van der Waals surface area (Å²) in [5.41, 5.74) is 9.33. The monoisotopic (exact) mass is 141 g/mol. The van der Waals surface area contributed by atoms with E-state index in [1.807, 2.05) is 0 Å². The zero-order valence-corrected chi connectivity index (χ0v) is 4.46. The molecule has 48 valence electrons. The van der Waals surface area contributed by atoms with E-state index in [1.165, 1.54) is 0 Å². The van der Waals surface area contributed by atoms with Crippen molar-refractivity contribution in [2.24, 2.45) is 16.6 Å². The second-order valence-electron chi connectivity index (χ2n) is 0.774. The predicted molar refractivity (Wildman–Crippen MR) is 16.9 cm³/mol. The standard InChI is InChI=1S/CH4ClN3O3/c3-1(4)5-8-2(6)7/h(H4,3,4,5). The molecule has 6 nitrogen and oxygen atoms in total. The number of halogens is 1. The fourth-order valence-corrected chi connectivity index (χ4v) is 0.204. The molecule has 0 aromatic carbocycles. The van der Waals surface area contributed by atoms with E-state index in [2.05, 4.69) is 21.0 Å². The topological polar surface area (TPSA) is 120 Å². The summed E-state index contributed by atoms with van der Waals surface area (Å²) < 4.78 is 22.4. The van der Waals surface area contributed by atoms with Crippen molar-refractivity contribution in [2.45, 2.75) is 0 Å². The summed E-state index contributed by atoms with van der Waals surface area (Å²) in [6, 6.07) is 0. The van der Waals surface area contributed by atoms with Gasteiger partial charge in [-0.3, -0.25) is 0 Å². The lowest BCUT2D eigenvalue weighted by Gasteiger charge is -1.85. The first-order valence-electron chi connectivity index (χ1n) is 1.45. The lowest BCUT2D eigenvalue weighted by Crippen LogP contribution is -2.34. The summed E-state index contributed by atoms with van der Waals surface area (Å²) in [5, 5.41) is 2.67. The number of guanidine groups is 1. The van der Waals surface area contributed by atoms with Gasteiger partial charge in [0.2, 0.25) is 5.96 Å². The number of oxime groups is 1. The Morgan fingerprint density at radius 2 is 2.00 bits per heavy atom. The van der Waals surface area contributed by atoms with E-state index in [9.17, 15) is 9.32 Å². The normalized spacial score (nSPS) is 8.88. The minimum absolute atomic E-state index is 0.445. The van der Waals surface area contributed by atoms with E-state index in [4.69, 9.17) is 0 Å². The van der Waals surface area contributed by atoms with Crippen LogP contribution in [0.2, 0.25) is 0 Å². The Kier molecular flexibility index (Phi) is 3.01. The highest BCUT2D eigenvalue weighted by molar-refractivity contribution is 5.74. The van der Waals surface area contributed by atoms with Crippen molar-refractivity contribution in [1.82, 2.24) is 0 Å². The van der Waals surface area contributed by atoms with Gasteiger partial charge in [0.05, 0.1) is 5.16 Å². The second-order valence-corrected chi connectivity index (χ2v) is 1.29.